The molecule has 0 amide bonds. The lowest BCUT2D eigenvalue weighted by Gasteiger charge is -2.07. The van der Waals surface area contributed by atoms with Gasteiger partial charge in [0.15, 0.2) is 0 Å². The molecule has 0 radical (unpaired) electrons. The maximum atomic E-state index is 6.03. The summed E-state index contributed by atoms with van der Waals surface area (Å²) in [6, 6.07) is 6.64. The normalized spacial score (nSPS) is 10.4. The van der Waals surface area contributed by atoms with Crippen molar-refractivity contribution in [1.29, 1.82) is 0 Å². The number of alkyl halides is 1. The highest BCUT2D eigenvalue weighted by Crippen LogP contribution is 2.35. The first-order valence-corrected chi connectivity index (χ1v) is 6.89. The summed E-state index contributed by atoms with van der Waals surface area (Å²) >= 11 is 20.9. The number of nitrogens with zero attached hydrogens (tertiary/aromatic N) is 2. The summed E-state index contributed by atoms with van der Waals surface area (Å²) in [5.41, 5.74) is 0.670. The summed E-state index contributed by atoms with van der Waals surface area (Å²) in [6.45, 7) is 0. The minimum absolute atomic E-state index is 0.304. The van der Waals surface area contributed by atoms with E-state index in [0.29, 0.717) is 37.7 Å². The van der Waals surface area contributed by atoms with Gasteiger partial charge in [-0.2, -0.15) is 5.10 Å². The predicted molar refractivity (Wildman–Crippen MR) is 75.8 cm³/mol. The van der Waals surface area contributed by atoms with Crippen LogP contribution in [0.5, 0.6) is 11.6 Å². The van der Waals surface area contributed by atoms with E-state index in [9.17, 15) is 0 Å². The number of halogens is 4. The van der Waals surface area contributed by atoms with Gasteiger partial charge in [0.1, 0.15) is 5.75 Å². The largest absolute Gasteiger partial charge is 0.436 e. The minimum atomic E-state index is 0.304. The van der Waals surface area contributed by atoms with Gasteiger partial charge in [-0.15, -0.1) is 16.7 Å². The van der Waals surface area contributed by atoms with Crippen molar-refractivity contribution in [3.8, 4) is 11.6 Å². The Morgan fingerprint density at radius 3 is 2.50 bits per heavy atom. The zero-order valence-electron chi connectivity index (χ0n) is 8.83. The van der Waals surface area contributed by atoms with Gasteiger partial charge in [0, 0.05) is 16.6 Å². The first-order chi connectivity index (χ1) is 8.60. The third kappa shape index (κ3) is 3.26. The highest BCUT2D eigenvalue weighted by Gasteiger charge is 2.09. The molecule has 0 atom stereocenters. The molecule has 7 heteroatoms. The molecule has 2 aromatic rings. The van der Waals surface area contributed by atoms with Crippen LogP contribution in [-0.4, -0.2) is 10.2 Å². The van der Waals surface area contributed by atoms with Crippen LogP contribution in [0.4, 0.5) is 0 Å². The summed E-state index contributed by atoms with van der Waals surface area (Å²) in [6.07, 6.45) is 0. The minimum Gasteiger partial charge on any atom is -0.436 e. The van der Waals surface area contributed by atoms with E-state index in [1.807, 2.05) is 0 Å². The van der Waals surface area contributed by atoms with Crippen molar-refractivity contribution >= 4 is 50.7 Å². The number of benzene rings is 1. The smallest absolute Gasteiger partial charge is 0.238 e. The van der Waals surface area contributed by atoms with E-state index < -0.39 is 0 Å². The molecule has 0 bridgehead atoms. The maximum absolute atomic E-state index is 6.03. The lowest BCUT2D eigenvalue weighted by atomic mass is 10.3. The topological polar surface area (TPSA) is 35.0 Å². The van der Waals surface area contributed by atoms with Crippen LogP contribution in [0, 0.1) is 0 Å². The third-order valence-electron chi connectivity index (χ3n) is 2.02. The molecule has 0 fully saturated rings. The molecular weight excluding hydrogens is 362 g/mol. The monoisotopic (exact) mass is 366 g/mol. The van der Waals surface area contributed by atoms with E-state index in [0.717, 1.165) is 0 Å². The predicted octanol–water partition coefficient (Wildman–Crippen LogP) is 5.08. The second-order valence-electron chi connectivity index (χ2n) is 3.30. The van der Waals surface area contributed by atoms with Gasteiger partial charge < -0.3 is 4.74 Å². The summed E-state index contributed by atoms with van der Waals surface area (Å²) < 4.78 is 6.19. The number of hydrogen-bond donors (Lipinski definition) is 0. The molecule has 2 rings (SSSR count). The Balaban J connectivity index is 2.25. The Kier molecular flexibility index (Phi) is 4.67. The van der Waals surface area contributed by atoms with Crippen LogP contribution in [0.25, 0.3) is 0 Å². The number of hydrogen-bond acceptors (Lipinski definition) is 3. The van der Waals surface area contributed by atoms with Crippen LogP contribution in [0.2, 0.25) is 10.0 Å². The lowest BCUT2D eigenvalue weighted by Crippen LogP contribution is -1.94. The molecule has 0 saturated heterocycles. The zero-order chi connectivity index (χ0) is 13.1. The molecule has 0 N–H and O–H groups in total. The molecule has 0 spiro atoms. The molecule has 0 saturated carbocycles. The Morgan fingerprint density at radius 2 is 1.89 bits per heavy atom. The average molecular weight is 368 g/mol. The van der Waals surface area contributed by atoms with Crippen LogP contribution in [0.15, 0.2) is 28.7 Å². The zero-order valence-corrected chi connectivity index (χ0v) is 12.7. The van der Waals surface area contributed by atoms with Gasteiger partial charge >= 0.3 is 0 Å². The second kappa shape index (κ2) is 6.06. The van der Waals surface area contributed by atoms with Crippen molar-refractivity contribution < 1.29 is 4.74 Å². The van der Waals surface area contributed by atoms with Crippen LogP contribution < -0.4 is 4.74 Å². The second-order valence-corrected chi connectivity index (χ2v) is 5.23. The van der Waals surface area contributed by atoms with Crippen molar-refractivity contribution in [1.82, 2.24) is 10.2 Å². The fourth-order valence-electron chi connectivity index (χ4n) is 1.17. The first kappa shape index (κ1) is 13.9. The molecule has 0 aliphatic rings. The first-order valence-electron chi connectivity index (χ1n) is 4.81. The van der Waals surface area contributed by atoms with Crippen LogP contribution in [-0.2, 0) is 5.88 Å². The molecule has 18 heavy (non-hydrogen) atoms. The van der Waals surface area contributed by atoms with E-state index in [-0.39, 0.29) is 0 Å². The number of rotatable bonds is 3. The fourth-order valence-corrected chi connectivity index (χ4v) is 2.14. The number of aromatic nitrogens is 2. The Hall–Kier alpha value is -0.550. The van der Waals surface area contributed by atoms with Crippen molar-refractivity contribution in [3.05, 3.63) is 44.5 Å². The van der Waals surface area contributed by atoms with Crippen molar-refractivity contribution in [2.24, 2.45) is 0 Å². The molecule has 0 aliphatic heterocycles. The van der Waals surface area contributed by atoms with E-state index in [4.69, 9.17) is 39.5 Å². The molecule has 3 nitrogen and oxygen atoms in total. The molecular formula is C11H6BrCl3N2O. The molecule has 1 heterocycles. The highest BCUT2D eigenvalue weighted by atomic mass is 79.9. The molecule has 0 aliphatic carbocycles. The van der Waals surface area contributed by atoms with Crippen LogP contribution >= 0.6 is 50.7 Å². The fraction of sp³-hybridized carbons (Fsp3) is 0.0909. The molecule has 0 unspecified atom stereocenters. The Labute approximate surface area is 127 Å². The van der Waals surface area contributed by atoms with Gasteiger partial charge in [-0.25, -0.2) is 0 Å². The van der Waals surface area contributed by atoms with Gasteiger partial charge in [-0.1, -0.05) is 23.2 Å². The highest BCUT2D eigenvalue weighted by molar-refractivity contribution is 9.10. The van der Waals surface area contributed by atoms with Crippen LogP contribution in [0.3, 0.4) is 0 Å². The van der Waals surface area contributed by atoms with E-state index in [1.165, 1.54) is 0 Å². The standard InChI is InChI=1S/C11H6BrCl3N2O/c12-7-3-9(15)10(4-8(7)14)18-11-2-1-6(5-13)16-17-11/h1-4H,5H2. The molecule has 1 aromatic carbocycles. The summed E-state index contributed by atoms with van der Waals surface area (Å²) in [4.78, 5) is 0. The Bertz CT molecular complexity index is 563. The Morgan fingerprint density at radius 1 is 1.11 bits per heavy atom. The molecule has 1 aromatic heterocycles. The molecule has 94 valence electrons. The number of ether oxygens (including phenoxy) is 1. The lowest BCUT2D eigenvalue weighted by molar-refractivity contribution is 0.454. The maximum Gasteiger partial charge on any atom is 0.238 e. The van der Waals surface area contributed by atoms with Crippen molar-refractivity contribution in [2.75, 3.05) is 0 Å². The van der Waals surface area contributed by atoms with Crippen molar-refractivity contribution in [2.45, 2.75) is 5.88 Å². The van der Waals surface area contributed by atoms with Crippen molar-refractivity contribution in [3.63, 3.8) is 0 Å². The van der Waals surface area contributed by atoms with Gasteiger partial charge in [-0.3, -0.25) is 0 Å². The van der Waals surface area contributed by atoms with Gasteiger partial charge in [0.2, 0.25) is 5.88 Å². The van der Waals surface area contributed by atoms with E-state index in [2.05, 4.69) is 26.1 Å². The van der Waals surface area contributed by atoms with Crippen LogP contribution in [0.1, 0.15) is 5.69 Å². The summed E-state index contributed by atoms with van der Waals surface area (Å²) in [5.74, 6) is 1.04. The summed E-state index contributed by atoms with van der Waals surface area (Å²) in [7, 11) is 0. The van der Waals surface area contributed by atoms with E-state index >= 15 is 0 Å². The quantitative estimate of drug-likeness (QED) is 0.560. The average Bonchev–Trinajstić information content (AvgIpc) is 2.37. The summed E-state index contributed by atoms with van der Waals surface area (Å²) in [5, 5.41) is 8.66. The third-order valence-corrected chi connectivity index (χ3v) is 3.79. The van der Waals surface area contributed by atoms with Gasteiger partial charge in [-0.05, 0) is 28.1 Å². The van der Waals surface area contributed by atoms with Gasteiger partial charge in [0.05, 0.1) is 21.6 Å². The van der Waals surface area contributed by atoms with Gasteiger partial charge in [0.25, 0.3) is 0 Å². The van der Waals surface area contributed by atoms with E-state index in [1.54, 1.807) is 24.3 Å². The SMILES string of the molecule is ClCc1ccc(Oc2cc(Cl)c(Br)cc2Cl)nn1.